The highest BCUT2D eigenvalue weighted by Crippen LogP contribution is 2.22. The van der Waals surface area contributed by atoms with Crippen LogP contribution in [0.25, 0.3) is 0 Å². The minimum Gasteiger partial charge on any atom is -0.352 e. The molecule has 0 spiro atoms. The van der Waals surface area contributed by atoms with Crippen LogP contribution in [0, 0.1) is 5.92 Å². The van der Waals surface area contributed by atoms with Gasteiger partial charge in [-0.1, -0.05) is 12.1 Å². The van der Waals surface area contributed by atoms with Gasteiger partial charge in [0, 0.05) is 37.2 Å². The van der Waals surface area contributed by atoms with Gasteiger partial charge in [0.25, 0.3) is 0 Å². The van der Waals surface area contributed by atoms with Gasteiger partial charge in [-0.15, -0.1) is 12.4 Å². The van der Waals surface area contributed by atoms with Crippen LogP contribution in [0.5, 0.6) is 0 Å². The normalized spacial score (nSPS) is 23.7. The molecular formula is C18H26ClN3O2. The summed E-state index contributed by atoms with van der Waals surface area (Å²) in [7, 11) is 0. The molecule has 3 rings (SSSR count). The van der Waals surface area contributed by atoms with E-state index in [1.54, 1.807) is 0 Å². The predicted molar refractivity (Wildman–Crippen MR) is 97.3 cm³/mol. The van der Waals surface area contributed by atoms with E-state index in [1.165, 1.54) is 0 Å². The van der Waals surface area contributed by atoms with E-state index in [9.17, 15) is 9.59 Å². The molecule has 2 N–H and O–H groups in total. The van der Waals surface area contributed by atoms with E-state index < -0.39 is 0 Å². The maximum atomic E-state index is 12.2. The van der Waals surface area contributed by atoms with E-state index in [1.807, 2.05) is 29.2 Å². The first-order valence-electron chi connectivity index (χ1n) is 8.54. The van der Waals surface area contributed by atoms with E-state index in [-0.39, 0.29) is 30.1 Å². The number of anilines is 1. The quantitative estimate of drug-likeness (QED) is 0.874. The van der Waals surface area contributed by atoms with Crippen LogP contribution in [-0.4, -0.2) is 30.9 Å². The number of hydrogen-bond acceptors (Lipinski definition) is 3. The third kappa shape index (κ3) is 4.48. The van der Waals surface area contributed by atoms with Crippen LogP contribution in [0.1, 0.15) is 38.2 Å². The SMILES string of the molecule is C[C@H]1C[C@@H](C(=O)NCc2ccc(N3CCCC3=O)cc2)CCN1.Cl. The summed E-state index contributed by atoms with van der Waals surface area (Å²) in [6.07, 6.45) is 3.39. The van der Waals surface area contributed by atoms with E-state index >= 15 is 0 Å². The van der Waals surface area contributed by atoms with E-state index in [0.717, 1.165) is 43.6 Å². The largest absolute Gasteiger partial charge is 0.352 e. The number of rotatable bonds is 4. The van der Waals surface area contributed by atoms with Crippen molar-refractivity contribution in [1.29, 1.82) is 0 Å². The first-order valence-corrected chi connectivity index (χ1v) is 8.54. The third-order valence-corrected chi connectivity index (χ3v) is 4.78. The maximum absolute atomic E-state index is 12.2. The molecule has 2 heterocycles. The fraction of sp³-hybridized carbons (Fsp3) is 0.556. The number of hydrogen-bond donors (Lipinski definition) is 2. The van der Waals surface area contributed by atoms with Crippen molar-refractivity contribution in [1.82, 2.24) is 10.6 Å². The number of benzene rings is 1. The van der Waals surface area contributed by atoms with Crippen molar-refractivity contribution in [2.24, 2.45) is 5.92 Å². The molecule has 6 heteroatoms. The molecule has 0 aromatic heterocycles. The number of amides is 2. The van der Waals surface area contributed by atoms with Crippen LogP contribution in [0.4, 0.5) is 5.69 Å². The lowest BCUT2D eigenvalue weighted by Gasteiger charge is -2.27. The van der Waals surface area contributed by atoms with Gasteiger partial charge in [-0.25, -0.2) is 0 Å². The molecule has 0 radical (unpaired) electrons. The molecule has 5 nitrogen and oxygen atoms in total. The van der Waals surface area contributed by atoms with Gasteiger partial charge in [0.15, 0.2) is 0 Å². The van der Waals surface area contributed by atoms with Gasteiger partial charge >= 0.3 is 0 Å². The summed E-state index contributed by atoms with van der Waals surface area (Å²) < 4.78 is 0. The maximum Gasteiger partial charge on any atom is 0.227 e. The average molecular weight is 352 g/mol. The summed E-state index contributed by atoms with van der Waals surface area (Å²) >= 11 is 0. The Balaban J connectivity index is 0.00000208. The average Bonchev–Trinajstić information content (AvgIpc) is 2.99. The predicted octanol–water partition coefficient (Wildman–Crippen LogP) is 2.24. The smallest absolute Gasteiger partial charge is 0.227 e. The molecule has 2 fully saturated rings. The molecule has 0 saturated carbocycles. The highest BCUT2D eigenvalue weighted by molar-refractivity contribution is 5.95. The number of nitrogens with zero attached hydrogens (tertiary/aromatic N) is 1. The molecule has 0 bridgehead atoms. The van der Waals surface area contributed by atoms with Gasteiger partial charge in [0.2, 0.25) is 11.8 Å². The molecule has 24 heavy (non-hydrogen) atoms. The van der Waals surface area contributed by atoms with Gasteiger partial charge in [-0.2, -0.15) is 0 Å². The van der Waals surface area contributed by atoms with Crippen molar-refractivity contribution < 1.29 is 9.59 Å². The fourth-order valence-corrected chi connectivity index (χ4v) is 3.42. The van der Waals surface area contributed by atoms with Crippen molar-refractivity contribution >= 4 is 29.9 Å². The Morgan fingerprint density at radius 3 is 2.71 bits per heavy atom. The highest BCUT2D eigenvalue weighted by Gasteiger charge is 2.24. The summed E-state index contributed by atoms with van der Waals surface area (Å²) in [5, 5.41) is 6.40. The van der Waals surface area contributed by atoms with E-state index in [2.05, 4.69) is 17.6 Å². The lowest BCUT2D eigenvalue weighted by molar-refractivity contribution is -0.126. The van der Waals surface area contributed by atoms with Crippen LogP contribution in [0.2, 0.25) is 0 Å². The molecule has 0 unspecified atom stereocenters. The van der Waals surface area contributed by atoms with Crippen LogP contribution in [-0.2, 0) is 16.1 Å². The van der Waals surface area contributed by atoms with Gasteiger partial charge < -0.3 is 15.5 Å². The summed E-state index contributed by atoms with van der Waals surface area (Å²) in [4.78, 5) is 25.8. The zero-order valence-corrected chi connectivity index (χ0v) is 14.9. The number of nitrogens with one attached hydrogen (secondary N) is 2. The molecule has 2 saturated heterocycles. The minimum atomic E-state index is 0. The van der Waals surface area contributed by atoms with Crippen LogP contribution in [0.3, 0.4) is 0 Å². The standard InChI is InChI=1S/C18H25N3O2.ClH/c1-13-11-15(8-9-19-13)18(23)20-12-14-4-6-16(7-5-14)21-10-2-3-17(21)22;/h4-7,13,15,19H,2-3,8-12H2,1H3,(H,20,23);1H/t13-,15-;/m0./s1. The van der Waals surface area contributed by atoms with E-state index in [4.69, 9.17) is 0 Å². The van der Waals surface area contributed by atoms with Gasteiger partial charge in [0.05, 0.1) is 0 Å². The second-order valence-electron chi connectivity index (χ2n) is 6.61. The first-order chi connectivity index (χ1) is 11.1. The van der Waals surface area contributed by atoms with Crippen molar-refractivity contribution in [3.8, 4) is 0 Å². The number of carbonyl (C=O) groups excluding carboxylic acids is 2. The zero-order valence-electron chi connectivity index (χ0n) is 14.1. The van der Waals surface area contributed by atoms with Gasteiger partial charge in [0.1, 0.15) is 0 Å². The Hall–Kier alpha value is -1.59. The lowest BCUT2D eigenvalue weighted by Crippen LogP contribution is -2.42. The van der Waals surface area contributed by atoms with E-state index in [0.29, 0.717) is 19.0 Å². The Kier molecular flexibility index (Phi) is 6.63. The molecule has 2 atom stereocenters. The van der Waals surface area contributed by atoms with Crippen molar-refractivity contribution in [3.63, 3.8) is 0 Å². The van der Waals surface area contributed by atoms with Crippen LogP contribution >= 0.6 is 12.4 Å². The second-order valence-corrected chi connectivity index (χ2v) is 6.61. The molecule has 2 aliphatic rings. The Morgan fingerprint density at radius 1 is 1.33 bits per heavy atom. The second kappa shape index (κ2) is 8.49. The van der Waals surface area contributed by atoms with Gasteiger partial charge in [-0.05, 0) is 50.4 Å². The number of carbonyl (C=O) groups is 2. The molecule has 2 aliphatic heterocycles. The Morgan fingerprint density at radius 2 is 2.08 bits per heavy atom. The number of halogens is 1. The molecule has 132 valence electrons. The minimum absolute atomic E-state index is 0. The molecular weight excluding hydrogens is 326 g/mol. The van der Waals surface area contributed by atoms with Crippen molar-refractivity contribution in [2.45, 2.75) is 45.2 Å². The fourth-order valence-electron chi connectivity index (χ4n) is 3.42. The van der Waals surface area contributed by atoms with Gasteiger partial charge in [-0.3, -0.25) is 9.59 Å². The summed E-state index contributed by atoms with van der Waals surface area (Å²) in [5.41, 5.74) is 2.02. The molecule has 0 aliphatic carbocycles. The highest BCUT2D eigenvalue weighted by atomic mass is 35.5. The molecule has 1 aromatic rings. The summed E-state index contributed by atoms with van der Waals surface area (Å²) in [5.74, 6) is 0.468. The molecule has 1 aromatic carbocycles. The third-order valence-electron chi connectivity index (χ3n) is 4.78. The molecule has 2 amide bonds. The zero-order chi connectivity index (χ0) is 16.2. The summed E-state index contributed by atoms with van der Waals surface area (Å²) in [6.45, 7) is 4.39. The monoisotopic (exact) mass is 351 g/mol. The van der Waals surface area contributed by atoms with Crippen LogP contribution < -0.4 is 15.5 Å². The van der Waals surface area contributed by atoms with Crippen molar-refractivity contribution in [3.05, 3.63) is 29.8 Å². The Labute approximate surface area is 149 Å². The number of piperidine rings is 1. The topological polar surface area (TPSA) is 61.4 Å². The van der Waals surface area contributed by atoms with Crippen LogP contribution in [0.15, 0.2) is 24.3 Å². The van der Waals surface area contributed by atoms with Crippen molar-refractivity contribution in [2.75, 3.05) is 18.0 Å². The Bertz CT molecular complexity index is 576. The summed E-state index contributed by atoms with van der Waals surface area (Å²) in [6, 6.07) is 8.34. The first kappa shape index (κ1) is 18.7. The lowest BCUT2D eigenvalue weighted by atomic mass is 9.92.